The first-order valence-electron chi connectivity index (χ1n) is 5.00. The molecule has 0 fully saturated rings. The van der Waals surface area contributed by atoms with Gasteiger partial charge < -0.3 is 0 Å². The zero-order valence-electron chi connectivity index (χ0n) is 9.11. The third kappa shape index (κ3) is 3.84. The van der Waals surface area contributed by atoms with Crippen molar-refractivity contribution in [2.45, 2.75) is 19.5 Å². The molecule has 1 aromatic rings. The minimum absolute atomic E-state index is 0.00444. The van der Waals surface area contributed by atoms with E-state index in [9.17, 15) is 17.6 Å². The van der Waals surface area contributed by atoms with Crippen molar-refractivity contribution in [3.8, 4) is 0 Å². The maximum absolute atomic E-state index is 12.8. The first kappa shape index (κ1) is 14.2. The van der Waals surface area contributed by atoms with E-state index in [2.05, 4.69) is 15.9 Å². The van der Waals surface area contributed by atoms with Crippen LogP contribution in [0.5, 0.6) is 0 Å². The Kier molecular flexibility index (Phi) is 4.74. The Bertz CT molecular complexity index is 415. The van der Waals surface area contributed by atoms with Crippen molar-refractivity contribution in [3.05, 3.63) is 40.7 Å². The van der Waals surface area contributed by atoms with Crippen LogP contribution in [0.4, 0.5) is 17.6 Å². The average molecular weight is 311 g/mol. The third-order valence-corrected chi connectivity index (χ3v) is 3.03. The van der Waals surface area contributed by atoms with Gasteiger partial charge in [-0.25, -0.2) is 4.39 Å². The summed E-state index contributed by atoms with van der Waals surface area (Å²) in [6, 6.07) is 2.70. The molecule has 0 spiro atoms. The van der Waals surface area contributed by atoms with E-state index in [1.807, 2.05) is 6.92 Å². The fraction of sp³-hybridized carbons (Fsp3) is 0.333. The molecule has 1 rings (SSSR count). The van der Waals surface area contributed by atoms with E-state index in [-0.39, 0.29) is 5.56 Å². The summed E-state index contributed by atoms with van der Waals surface area (Å²) in [5.74, 6) is -0.883. The van der Waals surface area contributed by atoms with Crippen LogP contribution in [0, 0.1) is 5.82 Å². The second-order valence-electron chi connectivity index (χ2n) is 3.52. The van der Waals surface area contributed by atoms with E-state index in [0.717, 1.165) is 17.7 Å². The Balaban J connectivity index is 3.29. The first-order valence-corrected chi connectivity index (χ1v) is 6.12. The highest BCUT2D eigenvalue weighted by Crippen LogP contribution is 2.33. The summed E-state index contributed by atoms with van der Waals surface area (Å²) in [7, 11) is 0. The van der Waals surface area contributed by atoms with E-state index in [4.69, 9.17) is 0 Å². The van der Waals surface area contributed by atoms with Gasteiger partial charge in [0.05, 0.1) is 5.56 Å². The number of halogens is 5. The van der Waals surface area contributed by atoms with Crippen molar-refractivity contribution in [1.29, 1.82) is 0 Å². The number of hydrogen-bond acceptors (Lipinski definition) is 0. The Morgan fingerprint density at radius 3 is 2.47 bits per heavy atom. The molecule has 5 heteroatoms. The molecule has 0 N–H and O–H groups in total. The van der Waals surface area contributed by atoms with Crippen LogP contribution in [-0.2, 0) is 6.18 Å². The SMILES string of the molecule is CC/C(=C/c1ccc(F)cc1C(F)(F)F)CBr. The highest BCUT2D eigenvalue weighted by Gasteiger charge is 2.33. The van der Waals surface area contributed by atoms with Crippen molar-refractivity contribution in [3.63, 3.8) is 0 Å². The largest absolute Gasteiger partial charge is 0.417 e. The van der Waals surface area contributed by atoms with E-state index < -0.39 is 17.6 Å². The summed E-state index contributed by atoms with van der Waals surface area (Å²) in [6.45, 7) is 1.85. The van der Waals surface area contributed by atoms with Crippen LogP contribution in [-0.4, -0.2) is 5.33 Å². The second-order valence-corrected chi connectivity index (χ2v) is 4.08. The van der Waals surface area contributed by atoms with Crippen LogP contribution < -0.4 is 0 Å². The topological polar surface area (TPSA) is 0 Å². The summed E-state index contributed by atoms with van der Waals surface area (Å²) in [5, 5.41) is 0.498. The van der Waals surface area contributed by atoms with Crippen molar-refractivity contribution >= 4 is 22.0 Å². The molecule has 0 aliphatic carbocycles. The lowest BCUT2D eigenvalue weighted by atomic mass is 10.0. The Morgan fingerprint density at radius 1 is 1.35 bits per heavy atom. The monoisotopic (exact) mass is 310 g/mol. The van der Waals surface area contributed by atoms with Crippen LogP contribution >= 0.6 is 15.9 Å². The molecule has 0 radical (unpaired) electrons. The number of rotatable bonds is 3. The van der Waals surface area contributed by atoms with Gasteiger partial charge >= 0.3 is 6.18 Å². The minimum Gasteiger partial charge on any atom is -0.207 e. The molecule has 0 nitrogen and oxygen atoms in total. The lowest BCUT2D eigenvalue weighted by Gasteiger charge is -2.11. The normalized spacial score (nSPS) is 12.9. The smallest absolute Gasteiger partial charge is 0.207 e. The maximum Gasteiger partial charge on any atom is 0.417 e. The second kappa shape index (κ2) is 5.67. The van der Waals surface area contributed by atoms with Crippen LogP contribution in [0.1, 0.15) is 24.5 Å². The molecule has 0 saturated heterocycles. The molecule has 0 bridgehead atoms. The van der Waals surface area contributed by atoms with Crippen LogP contribution in [0.2, 0.25) is 0 Å². The zero-order valence-corrected chi connectivity index (χ0v) is 10.7. The number of hydrogen-bond donors (Lipinski definition) is 0. The van der Waals surface area contributed by atoms with Gasteiger partial charge in [-0.15, -0.1) is 0 Å². The van der Waals surface area contributed by atoms with Crippen molar-refractivity contribution in [1.82, 2.24) is 0 Å². The van der Waals surface area contributed by atoms with Crippen molar-refractivity contribution < 1.29 is 17.6 Å². The standard InChI is InChI=1S/C12H11BrF4/c1-2-8(7-13)5-9-3-4-10(14)6-11(9)12(15,16)17/h3-6H,2,7H2,1H3/b8-5-. The molecule has 17 heavy (non-hydrogen) atoms. The third-order valence-electron chi connectivity index (χ3n) is 2.31. The molecule has 0 saturated carbocycles. The van der Waals surface area contributed by atoms with E-state index >= 15 is 0 Å². The lowest BCUT2D eigenvalue weighted by molar-refractivity contribution is -0.137. The average Bonchev–Trinajstić information content (AvgIpc) is 2.26. The quantitative estimate of drug-likeness (QED) is 0.542. The molecule has 0 heterocycles. The van der Waals surface area contributed by atoms with Gasteiger partial charge in [0.2, 0.25) is 0 Å². The Morgan fingerprint density at radius 2 is 2.00 bits per heavy atom. The zero-order chi connectivity index (χ0) is 13.1. The van der Waals surface area contributed by atoms with E-state index in [1.165, 1.54) is 6.08 Å². The summed E-state index contributed by atoms with van der Waals surface area (Å²) in [4.78, 5) is 0. The molecule has 0 aliphatic rings. The molecular formula is C12H11BrF4. The van der Waals surface area contributed by atoms with Crippen molar-refractivity contribution in [2.24, 2.45) is 0 Å². The highest BCUT2D eigenvalue weighted by molar-refractivity contribution is 9.09. The van der Waals surface area contributed by atoms with Gasteiger partial charge in [0.25, 0.3) is 0 Å². The molecule has 0 amide bonds. The van der Waals surface area contributed by atoms with Gasteiger partial charge in [0.1, 0.15) is 5.82 Å². The first-order chi connectivity index (χ1) is 7.88. The molecule has 94 valence electrons. The maximum atomic E-state index is 12.8. The van der Waals surface area contributed by atoms with Crippen LogP contribution in [0.15, 0.2) is 23.8 Å². The summed E-state index contributed by atoms with van der Waals surface area (Å²) in [6.07, 6.45) is -2.46. The molecule has 0 aliphatic heterocycles. The van der Waals surface area contributed by atoms with Crippen molar-refractivity contribution in [2.75, 3.05) is 5.33 Å². The fourth-order valence-electron chi connectivity index (χ4n) is 1.35. The molecule has 0 atom stereocenters. The van der Waals surface area contributed by atoms with E-state index in [0.29, 0.717) is 17.8 Å². The van der Waals surface area contributed by atoms with Gasteiger partial charge in [0.15, 0.2) is 0 Å². The van der Waals surface area contributed by atoms with Gasteiger partial charge in [-0.2, -0.15) is 13.2 Å². The summed E-state index contributed by atoms with van der Waals surface area (Å²) < 4.78 is 50.9. The summed E-state index contributed by atoms with van der Waals surface area (Å²) in [5.41, 5.74) is -0.123. The number of allylic oxidation sites excluding steroid dienone is 1. The minimum atomic E-state index is -4.54. The fourth-order valence-corrected chi connectivity index (χ4v) is 1.91. The molecular weight excluding hydrogens is 300 g/mol. The molecule has 0 unspecified atom stereocenters. The van der Waals surface area contributed by atoms with Crippen LogP contribution in [0.3, 0.4) is 0 Å². The predicted molar refractivity (Wildman–Crippen MR) is 63.5 cm³/mol. The Labute approximate surface area is 105 Å². The van der Waals surface area contributed by atoms with Gasteiger partial charge in [-0.3, -0.25) is 0 Å². The van der Waals surface area contributed by atoms with Gasteiger partial charge in [-0.05, 0) is 24.1 Å². The number of benzene rings is 1. The Hall–Kier alpha value is -0.840. The summed E-state index contributed by atoms with van der Waals surface area (Å²) >= 11 is 3.20. The molecule has 0 aromatic heterocycles. The molecule has 1 aromatic carbocycles. The lowest BCUT2D eigenvalue weighted by Crippen LogP contribution is -2.08. The predicted octanol–water partition coefficient (Wildman–Crippen LogP) is 5.03. The number of alkyl halides is 4. The highest BCUT2D eigenvalue weighted by atomic mass is 79.9. The van der Waals surface area contributed by atoms with Crippen LogP contribution in [0.25, 0.3) is 6.08 Å². The van der Waals surface area contributed by atoms with E-state index in [1.54, 1.807) is 0 Å². The van der Waals surface area contributed by atoms with Gasteiger partial charge in [0, 0.05) is 5.33 Å². The van der Waals surface area contributed by atoms with Gasteiger partial charge in [-0.1, -0.05) is 40.6 Å².